The van der Waals surface area contributed by atoms with Gasteiger partial charge in [0.2, 0.25) is 5.91 Å². The van der Waals surface area contributed by atoms with E-state index in [0.717, 1.165) is 12.1 Å². The molecule has 0 unspecified atom stereocenters. The number of alkyl halides is 3. The van der Waals surface area contributed by atoms with Crippen molar-refractivity contribution in [3.8, 4) is 16.5 Å². The summed E-state index contributed by atoms with van der Waals surface area (Å²) >= 11 is 1.23. The predicted molar refractivity (Wildman–Crippen MR) is 82.3 cm³/mol. The molecule has 0 radical (unpaired) electrons. The summed E-state index contributed by atoms with van der Waals surface area (Å²) in [6.45, 7) is 1.56. The number of hydrogen-bond acceptors (Lipinski definition) is 3. The molecule has 1 amide bonds. The number of primary amides is 1. The Bertz CT molecular complexity index is 829. The first-order valence-corrected chi connectivity index (χ1v) is 7.23. The zero-order chi connectivity index (χ0) is 17.2. The van der Waals surface area contributed by atoms with Gasteiger partial charge in [0.05, 0.1) is 17.2 Å². The van der Waals surface area contributed by atoms with E-state index in [2.05, 4.69) is 0 Å². The third-order valence-corrected chi connectivity index (χ3v) is 4.19. The van der Waals surface area contributed by atoms with E-state index in [4.69, 9.17) is 11.0 Å². The van der Waals surface area contributed by atoms with Crippen LogP contribution in [0.4, 0.5) is 13.2 Å². The lowest BCUT2D eigenvalue weighted by Gasteiger charge is -2.10. The number of nitrogens with two attached hydrogens (primary N) is 1. The molecule has 7 heteroatoms. The van der Waals surface area contributed by atoms with E-state index in [1.165, 1.54) is 17.4 Å². The summed E-state index contributed by atoms with van der Waals surface area (Å²) in [7, 11) is 0. The lowest BCUT2D eigenvalue weighted by atomic mass is 10.0. The summed E-state index contributed by atoms with van der Waals surface area (Å²) in [5, 5.41) is 8.80. The minimum atomic E-state index is -4.59. The number of carbonyl (C=O) groups excluding carboxylic acids is 1. The molecule has 0 saturated carbocycles. The Kier molecular flexibility index (Phi) is 4.57. The Hall–Kier alpha value is -2.59. The lowest BCUT2D eigenvalue weighted by Crippen LogP contribution is -2.11. The number of amides is 1. The second-order valence-corrected chi connectivity index (χ2v) is 5.88. The van der Waals surface area contributed by atoms with Crippen LogP contribution in [0.25, 0.3) is 16.5 Å². The normalized spacial score (nSPS) is 12.0. The summed E-state index contributed by atoms with van der Waals surface area (Å²) < 4.78 is 39.0. The maximum atomic E-state index is 13.0. The van der Waals surface area contributed by atoms with Crippen molar-refractivity contribution < 1.29 is 18.0 Å². The van der Waals surface area contributed by atoms with Crippen LogP contribution >= 0.6 is 11.3 Å². The van der Waals surface area contributed by atoms with Crippen molar-refractivity contribution in [3.63, 3.8) is 0 Å². The van der Waals surface area contributed by atoms with Gasteiger partial charge in [-0.1, -0.05) is 6.07 Å². The number of nitriles is 1. The Labute approximate surface area is 134 Å². The van der Waals surface area contributed by atoms with Crippen molar-refractivity contribution in [1.82, 2.24) is 0 Å². The van der Waals surface area contributed by atoms with E-state index in [1.54, 1.807) is 31.2 Å². The highest BCUT2D eigenvalue weighted by molar-refractivity contribution is 7.16. The van der Waals surface area contributed by atoms with Gasteiger partial charge in [0.15, 0.2) is 0 Å². The second kappa shape index (κ2) is 6.26. The van der Waals surface area contributed by atoms with Crippen LogP contribution in [0.5, 0.6) is 0 Å². The zero-order valence-corrected chi connectivity index (χ0v) is 12.8. The smallest absolute Gasteiger partial charge is 0.366 e. The number of carbonyl (C=O) groups is 1. The van der Waals surface area contributed by atoms with Gasteiger partial charge in [-0.25, -0.2) is 0 Å². The maximum Gasteiger partial charge on any atom is 0.417 e. The number of halogens is 3. The fourth-order valence-corrected chi connectivity index (χ4v) is 2.91. The average Bonchev–Trinajstić information content (AvgIpc) is 2.94. The van der Waals surface area contributed by atoms with Crippen LogP contribution in [0.3, 0.4) is 0 Å². The van der Waals surface area contributed by atoms with Crippen molar-refractivity contribution >= 4 is 23.3 Å². The molecular weight excluding hydrogens is 325 g/mol. The molecule has 0 saturated heterocycles. The molecule has 0 aliphatic heterocycles. The topological polar surface area (TPSA) is 66.9 Å². The molecule has 0 spiro atoms. The molecule has 2 rings (SSSR count). The highest BCUT2D eigenvalue weighted by Gasteiger charge is 2.33. The molecule has 1 heterocycles. The number of hydrogen-bond donors (Lipinski definition) is 1. The van der Waals surface area contributed by atoms with Crippen molar-refractivity contribution in [1.29, 1.82) is 5.26 Å². The van der Waals surface area contributed by atoms with Crippen LogP contribution in [0.2, 0.25) is 0 Å². The van der Waals surface area contributed by atoms with Gasteiger partial charge in [0, 0.05) is 15.3 Å². The van der Waals surface area contributed by atoms with Crippen LogP contribution in [-0.2, 0) is 11.0 Å². The Balaban J connectivity index is 2.45. The molecule has 0 bridgehead atoms. The number of thiophene rings is 1. The molecule has 0 fully saturated rings. The SMILES string of the molecule is C/C(=C\c1ccc(-c2ccc(C#N)c(C(F)(F)F)c2)s1)C(N)=O. The van der Waals surface area contributed by atoms with E-state index in [1.807, 2.05) is 0 Å². The minimum absolute atomic E-state index is 0.356. The number of benzene rings is 1. The maximum absolute atomic E-state index is 13.0. The summed E-state index contributed by atoms with van der Waals surface area (Å²) in [5.41, 5.74) is 4.48. The Morgan fingerprint density at radius 1 is 1.30 bits per heavy atom. The average molecular weight is 336 g/mol. The number of nitrogens with zero attached hydrogens (tertiary/aromatic N) is 1. The summed E-state index contributed by atoms with van der Waals surface area (Å²) in [6, 6.07) is 8.48. The molecule has 2 aromatic rings. The molecule has 0 aliphatic carbocycles. The zero-order valence-electron chi connectivity index (χ0n) is 11.9. The van der Waals surface area contributed by atoms with Crippen LogP contribution in [0, 0.1) is 11.3 Å². The van der Waals surface area contributed by atoms with Crippen molar-refractivity contribution in [2.24, 2.45) is 5.73 Å². The van der Waals surface area contributed by atoms with Crippen LogP contribution in [-0.4, -0.2) is 5.91 Å². The van der Waals surface area contributed by atoms with Crippen LogP contribution < -0.4 is 5.73 Å². The molecule has 1 aromatic carbocycles. The summed E-state index contributed by atoms with van der Waals surface area (Å²) in [6.07, 6.45) is -3.02. The monoisotopic (exact) mass is 336 g/mol. The van der Waals surface area contributed by atoms with Gasteiger partial charge in [-0.3, -0.25) is 4.79 Å². The molecule has 118 valence electrons. The predicted octanol–water partition coefficient (Wildman–Crippen LogP) is 4.19. The number of rotatable bonds is 3. The van der Waals surface area contributed by atoms with Gasteiger partial charge in [-0.15, -0.1) is 11.3 Å². The minimum Gasteiger partial charge on any atom is -0.366 e. The third kappa shape index (κ3) is 3.79. The van der Waals surface area contributed by atoms with E-state index in [-0.39, 0.29) is 0 Å². The van der Waals surface area contributed by atoms with Gasteiger partial charge in [0.1, 0.15) is 0 Å². The largest absolute Gasteiger partial charge is 0.417 e. The fourth-order valence-electron chi connectivity index (χ4n) is 1.90. The van der Waals surface area contributed by atoms with E-state index >= 15 is 0 Å². The second-order valence-electron chi connectivity index (χ2n) is 4.76. The van der Waals surface area contributed by atoms with Crippen molar-refractivity contribution in [2.45, 2.75) is 13.1 Å². The van der Waals surface area contributed by atoms with Crippen molar-refractivity contribution in [2.75, 3.05) is 0 Å². The highest BCUT2D eigenvalue weighted by atomic mass is 32.1. The van der Waals surface area contributed by atoms with E-state index < -0.39 is 23.2 Å². The van der Waals surface area contributed by atoms with Gasteiger partial charge < -0.3 is 5.73 Å². The van der Waals surface area contributed by atoms with Gasteiger partial charge in [-0.2, -0.15) is 18.4 Å². The Morgan fingerprint density at radius 2 is 2.00 bits per heavy atom. The standard InChI is InChI=1S/C16H11F3N2OS/c1-9(15(21)22)6-12-4-5-14(23-12)10-2-3-11(8-20)13(7-10)16(17,18)19/h2-7H,1H3,(H2,21,22)/b9-6+. The van der Waals surface area contributed by atoms with Crippen LogP contribution in [0.15, 0.2) is 35.9 Å². The Morgan fingerprint density at radius 3 is 2.57 bits per heavy atom. The first-order chi connectivity index (χ1) is 10.7. The molecule has 0 aliphatic rings. The lowest BCUT2D eigenvalue weighted by molar-refractivity contribution is -0.137. The quantitative estimate of drug-likeness (QED) is 0.854. The highest BCUT2D eigenvalue weighted by Crippen LogP contribution is 2.36. The fraction of sp³-hybridized carbons (Fsp3) is 0.125. The first-order valence-electron chi connectivity index (χ1n) is 6.42. The summed E-state index contributed by atoms with van der Waals surface area (Å²) in [5.74, 6) is -0.558. The van der Waals surface area contributed by atoms with Gasteiger partial charge in [0.25, 0.3) is 0 Å². The molecular formula is C16H11F3N2OS. The van der Waals surface area contributed by atoms with Crippen LogP contribution in [0.1, 0.15) is 22.9 Å². The summed E-state index contributed by atoms with van der Waals surface area (Å²) in [4.78, 5) is 12.3. The molecule has 1 aromatic heterocycles. The van der Waals surface area contributed by atoms with Gasteiger partial charge in [-0.05, 0) is 42.8 Å². The first kappa shape index (κ1) is 16.8. The molecule has 0 atom stereocenters. The van der Waals surface area contributed by atoms with Gasteiger partial charge >= 0.3 is 6.18 Å². The van der Waals surface area contributed by atoms with Crippen molar-refractivity contribution in [3.05, 3.63) is 51.9 Å². The van der Waals surface area contributed by atoms with E-state index in [0.29, 0.717) is 20.9 Å². The molecule has 3 nitrogen and oxygen atoms in total. The molecule has 2 N–H and O–H groups in total. The van der Waals surface area contributed by atoms with E-state index in [9.17, 15) is 18.0 Å². The third-order valence-electron chi connectivity index (χ3n) is 3.10. The molecule has 23 heavy (non-hydrogen) atoms.